The summed E-state index contributed by atoms with van der Waals surface area (Å²) in [6.45, 7) is 5.08. The van der Waals surface area contributed by atoms with Gasteiger partial charge in [0.25, 0.3) is 0 Å². The SMILES string of the molecule is C[C@H]1COc2c(N3CCN(C)CC3)c(F)cc3c(=O)c(C(=O)O)cn1c23.[NaH]. The Hall–Kier alpha value is -1.61. The molecule has 140 valence electrons. The number of ether oxygens (including phenoxy) is 1. The van der Waals surface area contributed by atoms with Gasteiger partial charge in [-0.3, -0.25) is 4.79 Å². The molecule has 0 radical (unpaired) electrons. The number of benzene rings is 1. The number of anilines is 1. The maximum atomic E-state index is 15.0. The number of hydrogen-bond acceptors (Lipinski definition) is 5. The number of nitrogens with zero attached hydrogens (tertiary/aromatic N) is 3. The molecule has 9 heteroatoms. The molecule has 1 fully saturated rings. The molecule has 0 aliphatic carbocycles. The number of hydrogen-bond donors (Lipinski definition) is 1. The minimum absolute atomic E-state index is 0. The van der Waals surface area contributed by atoms with Crippen molar-refractivity contribution in [3.8, 4) is 5.75 Å². The fourth-order valence-corrected chi connectivity index (χ4v) is 3.69. The van der Waals surface area contributed by atoms with Crippen molar-refractivity contribution in [1.29, 1.82) is 0 Å². The van der Waals surface area contributed by atoms with Crippen LogP contribution in [-0.2, 0) is 0 Å². The maximum absolute atomic E-state index is 15.0. The Labute approximate surface area is 177 Å². The Balaban J connectivity index is 0.00000210. The molecule has 0 spiro atoms. The number of carbonyl (C=O) groups is 1. The molecule has 0 unspecified atom stereocenters. The second-order valence-corrected chi connectivity index (χ2v) is 6.97. The number of likely N-dealkylation sites (N-methyl/N-ethyl adjacent to an activating group) is 1. The van der Waals surface area contributed by atoms with Crippen molar-refractivity contribution in [2.45, 2.75) is 13.0 Å². The molecule has 0 bridgehead atoms. The van der Waals surface area contributed by atoms with Crippen molar-refractivity contribution in [3.63, 3.8) is 0 Å². The molecule has 3 heterocycles. The Bertz CT molecular complexity index is 969. The van der Waals surface area contributed by atoms with E-state index in [1.165, 1.54) is 6.20 Å². The van der Waals surface area contributed by atoms with E-state index in [-0.39, 0.29) is 53.2 Å². The third-order valence-corrected chi connectivity index (χ3v) is 5.19. The van der Waals surface area contributed by atoms with Crippen LogP contribution in [0.1, 0.15) is 23.3 Å². The Kier molecular flexibility index (Phi) is 5.54. The fraction of sp³-hybridized carbons (Fsp3) is 0.444. The van der Waals surface area contributed by atoms with E-state index in [0.29, 0.717) is 30.0 Å². The summed E-state index contributed by atoms with van der Waals surface area (Å²) in [5, 5.41) is 9.36. The number of aromatic nitrogens is 1. The van der Waals surface area contributed by atoms with Crippen molar-refractivity contribution in [1.82, 2.24) is 9.47 Å². The average molecular weight is 385 g/mol. The van der Waals surface area contributed by atoms with E-state index in [9.17, 15) is 19.1 Å². The van der Waals surface area contributed by atoms with Crippen molar-refractivity contribution in [2.24, 2.45) is 0 Å². The van der Waals surface area contributed by atoms with Gasteiger partial charge in [0.1, 0.15) is 17.9 Å². The molecular formula is C18H21FN3NaO4. The number of pyridine rings is 1. The van der Waals surface area contributed by atoms with Crippen LogP contribution >= 0.6 is 0 Å². The Morgan fingerprint density at radius 3 is 2.59 bits per heavy atom. The van der Waals surface area contributed by atoms with E-state index in [2.05, 4.69) is 4.90 Å². The molecule has 2 aliphatic heterocycles. The zero-order valence-corrected chi connectivity index (χ0v) is 14.7. The van der Waals surface area contributed by atoms with Gasteiger partial charge < -0.3 is 24.2 Å². The second-order valence-electron chi connectivity index (χ2n) is 6.97. The van der Waals surface area contributed by atoms with Crippen molar-refractivity contribution in [3.05, 3.63) is 33.9 Å². The van der Waals surface area contributed by atoms with Crippen molar-refractivity contribution < 1.29 is 19.0 Å². The van der Waals surface area contributed by atoms with Gasteiger partial charge in [-0.05, 0) is 20.0 Å². The first-order chi connectivity index (χ1) is 12.4. The molecule has 2 aliphatic rings. The summed E-state index contributed by atoms with van der Waals surface area (Å²) >= 11 is 0. The first kappa shape index (κ1) is 20.1. The van der Waals surface area contributed by atoms with E-state index >= 15 is 0 Å². The van der Waals surface area contributed by atoms with E-state index in [4.69, 9.17) is 4.74 Å². The Morgan fingerprint density at radius 2 is 1.96 bits per heavy atom. The number of rotatable bonds is 2. The van der Waals surface area contributed by atoms with Crippen LogP contribution in [0.25, 0.3) is 10.9 Å². The number of aromatic carboxylic acids is 1. The van der Waals surface area contributed by atoms with Crippen LogP contribution in [-0.4, -0.2) is 89.9 Å². The van der Waals surface area contributed by atoms with Crippen molar-refractivity contribution >= 4 is 52.1 Å². The van der Waals surface area contributed by atoms with Crippen LogP contribution in [0.5, 0.6) is 5.75 Å². The summed E-state index contributed by atoms with van der Waals surface area (Å²) in [4.78, 5) is 28.1. The first-order valence-electron chi connectivity index (χ1n) is 8.59. The van der Waals surface area contributed by atoms with Gasteiger partial charge in [0, 0.05) is 32.4 Å². The topological polar surface area (TPSA) is 75.0 Å². The number of halogens is 1. The van der Waals surface area contributed by atoms with Crippen LogP contribution in [0, 0.1) is 5.82 Å². The molecule has 1 aromatic heterocycles. The Morgan fingerprint density at radius 1 is 1.30 bits per heavy atom. The molecule has 1 N–H and O–H groups in total. The van der Waals surface area contributed by atoms with E-state index < -0.39 is 17.2 Å². The summed E-state index contributed by atoms with van der Waals surface area (Å²) in [5.41, 5.74) is -0.224. The molecule has 7 nitrogen and oxygen atoms in total. The molecule has 0 amide bonds. The standard InChI is InChI=1S/C18H20FN3O4.Na.H/c1-10-9-26-17-14-11(16(23)12(18(24)25)8-22(10)14)7-13(19)15(17)21-5-3-20(2)4-6-21;;/h7-8,10H,3-6,9H2,1-2H3,(H,24,25);;/t10-;;/m0../s1. The third kappa shape index (κ3) is 3.24. The molecule has 27 heavy (non-hydrogen) atoms. The van der Waals surface area contributed by atoms with Gasteiger partial charge >= 0.3 is 35.5 Å². The van der Waals surface area contributed by atoms with Crippen molar-refractivity contribution in [2.75, 3.05) is 44.7 Å². The molecule has 1 aromatic carbocycles. The minimum atomic E-state index is -1.32. The van der Waals surface area contributed by atoms with Crippen LogP contribution in [0.4, 0.5) is 10.1 Å². The molecule has 1 saturated heterocycles. The predicted molar refractivity (Wildman–Crippen MR) is 102 cm³/mol. The fourth-order valence-electron chi connectivity index (χ4n) is 3.69. The van der Waals surface area contributed by atoms with Crippen LogP contribution in [0.2, 0.25) is 0 Å². The first-order valence-corrected chi connectivity index (χ1v) is 8.59. The van der Waals surface area contributed by atoms with Gasteiger partial charge in [-0.25, -0.2) is 9.18 Å². The van der Waals surface area contributed by atoms with E-state index in [0.717, 1.165) is 19.2 Å². The summed E-state index contributed by atoms with van der Waals surface area (Å²) < 4.78 is 22.6. The summed E-state index contributed by atoms with van der Waals surface area (Å²) in [5.74, 6) is -1.54. The summed E-state index contributed by atoms with van der Waals surface area (Å²) in [6, 6.07) is 0.994. The molecule has 4 rings (SSSR count). The normalized spacial score (nSPS) is 19.5. The zero-order valence-electron chi connectivity index (χ0n) is 14.7. The zero-order chi connectivity index (χ0) is 18.6. The van der Waals surface area contributed by atoms with Gasteiger partial charge in [-0.2, -0.15) is 0 Å². The van der Waals surface area contributed by atoms with Gasteiger partial charge in [0.2, 0.25) is 5.43 Å². The van der Waals surface area contributed by atoms with Gasteiger partial charge in [0.15, 0.2) is 11.6 Å². The summed E-state index contributed by atoms with van der Waals surface area (Å²) in [6.07, 6.45) is 1.34. The van der Waals surface area contributed by atoms with E-state index in [1.807, 2.05) is 18.9 Å². The predicted octanol–water partition coefficient (Wildman–Crippen LogP) is 0.895. The number of piperazine rings is 1. The van der Waals surface area contributed by atoms with Gasteiger partial charge in [-0.15, -0.1) is 0 Å². The second kappa shape index (κ2) is 7.43. The third-order valence-electron chi connectivity index (χ3n) is 5.19. The van der Waals surface area contributed by atoms with E-state index in [1.54, 1.807) is 4.57 Å². The quantitative estimate of drug-likeness (QED) is 0.775. The van der Waals surface area contributed by atoms with Gasteiger partial charge in [0.05, 0.1) is 16.9 Å². The molecule has 0 saturated carbocycles. The number of carboxylic acids is 1. The number of carboxylic acid groups (broad SMARTS) is 1. The molecule has 1 atom stereocenters. The molecular weight excluding hydrogens is 364 g/mol. The van der Waals surface area contributed by atoms with Crippen LogP contribution < -0.4 is 15.1 Å². The average Bonchev–Trinajstić information content (AvgIpc) is 2.60. The van der Waals surface area contributed by atoms with Gasteiger partial charge in [-0.1, -0.05) is 0 Å². The molecule has 2 aromatic rings. The monoisotopic (exact) mass is 385 g/mol. The van der Waals surface area contributed by atoms with Crippen LogP contribution in [0.3, 0.4) is 0 Å². The summed E-state index contributed by atoms with van der Waals surface area (Å²) in [7, 11) is 2.02. The van der Waals surface area contributed by atoms with Crippen LogP contribution in [0.15, 0.2) is 17.1 Å².